The molecule has 8 heteroatoms. The maximum absolute atomic E-state index is 12.6. The van der Waals surface area contributed by atoms with E-state index in [4.69, 9.17) is 4.74 Å². The number of piperidine rings is 2. The van der Waals surface area contributed by atoms with Crippen molar-refractivity contribution >= 4 is 22.0 Å². The van der Waals surface area contributed by atoms with Crippen LogP contribution in [0.3, 0.4) is 0 Å². The molecule has 0 atom stereocenters. The molecule has 24 heavy (non-hydrogen) atoms. The van der Waals surface area contributed by atoms with Crippen LogP contribution in [-0.2, 0) is 24.5 Å². The Morgan fingerprint density at radius 2 is 1.58 bits per heavy atom. The summed E-state index contributed by atoms with van der Waals surface area (Å²) in [5.41, 5.74) is 0. The minimum Gasteiger partial charge on any atom is -0.465 e. The van der Waals surface area contributed by atoms with Crippen LogP contribution in [0.4, 0.5) is 0 Å². The van der Waals surface area contributed by atoms with Crippen molar-refractivity contribution in [3.63, 3.8) is 0 Å². The van der Waals surface area contributed by atoms with Crippen molar-refractivity contribution in [3.05, 3.63) is 0 Å². The Kier molecular flexibility index (Phi) is 7.18. The van der Waals surface area contributed by atoms with Crippen molar-refractivity contribution in [2.45, 2.75) is 51.9 Å². The number of rotatable bonds is 7. The molecular formula is C16H28N2O5S. The number of hydrogen-bond donors (Lipinski definition) is 0. The van der Waals surface area contributed by atoms with Crippen LogP contribution in [0.5, 0.6) is 0 Å². The Morgan fingerprint density at radius 1 is 1.00 bits per heavy atom. The van der Waals surface area contributed by atoms with Gasteiger partial charge in [0.25, 0.3) is 10.2 Å². The Hall–Kier alpha value is -0.990. The van der Waals surface area contributed by atoms with Gasteiger partial charge < -0.3 is 9.53 Å². The molecule has 2 fully saturated rings. The summed E-state index contributed by atoms with van der Waals surface area (Å²) in [6.45, 7) is 3.70. The lowest BCUT2D eigenvalue weighted by atomic mass is 9.98. The van der Waals surface area contributed by atoms with Gasteiger partial charge in [-0.25, -0.2) is 0 Å². The third-order valence-electron chi connectivity index (χ3n) is 4.67. The zero-order chi connectivity index (χ0) is 17.6. The number of nitrogens with zero attached hydrogens (tertiary/aromatic N) is 2. The van der Waals surface area contributed by atoms with Crippen LogP contribution in [0.25, 0.3) is 0 Å². The number of hydrogen-bond acceptors (Lipinski definition) is 5. The molecule has 0 spiro atoms. The standard InChI is InChI=1S/C16H28N2O5S/c1-14(19)6-5-13-23-16(20)15-7-11-18(12-8-15)24(21,22)17-9-3-2-4-10-17/h15H,2-13H2,1H3. The third kappa shape index (κ3) is 5.26. The van der Waals surface area contributed by atoms with Gasteiger partial charge in [-0.2, -0.15) is 17.0 Å². The van der Waals surface area contributed by atoms with Crippen molar-refractivity contribution in [1.82, 2.24) is 8.61 Å². The fourth-order valence-corrected chi connectivity index (χ4v) is 4.91. The van der Waals surface area contributed by atoms with E-state index in [-0.39, 0.29) is 24.3 Å². The summed E-state index contributed by atoms with van der Waals surface area (Å²) in [6, 6.07) is 0. The Labute approximate surface area is 144 Å². The van der Waals surface area contributed by atoms with Crippen molar-refractivity contribution in [3.8, 4) is 0 Å². The van der Waals surface area contributed by atoms with Gasteiger partial charge in [0, 0.05) is 32.6 Å². The van der Waals surface area contributed by atoms with Gasteiger partial charge in [0.15, 0.2) is 0 Å². The molecular weight excluding hydrogens is 332 g/mol. The van der Waals surface area contributed by atoms with Gasteiger partial charge in [-0.05, 0) is 39.0 Å². The summed E-state index contributed by atoms with van der Waals surface area (Å²) in [5, 5.41) is 0. The van der Waals surface area contributed by atoms with Crippen molar-refractivity contribution in [1.29, 1.82) is 0 Å². The molecule has 138 valence electrons. The summed E-state index contributed by atoms with van der Waals surface area (Å²) in [6.07, 6.45) is 4.88. The predicted octanol–water partition coefficient (Wildman–Crippen LogP) is 1.34. The number of carbonyl (C=O) groups excluding carboxylic acids is 2. The van der Waals surface area contributed by atoms with Crippen molar-refractivity contribution in [2.75, 3.05) is 32.8 Å². The second-order valence-electron chi connectivity index (χ2n) is 6.61. The van der Waals surface area contributed by atoms with E-state index >= 15 is 0 Å². The van der Waals surface area contributed by atoms with E-state index in [1.165, 1.54) is 11.2 Å². The van der Waals surface area contributed by atoms with Crippen LogP contribution >= 0.6 is 0 Å². The third-order valence-corrected chi connectivity index (χ3v) is 6.71. The SMILES string of the molecule is CC(=O)CCCOC(=O)C1CCN(S(=O)(=O)N2CCCCC2)CC1. The molecule has 2 rings (SSSR count). The van der Waals surface area contributed by atoms with Crippen LogP contribution in [0.15, 0.2) is 0 Å². The first-order valence-electron chi connectivity index (χ1n) is 8.82. The molecule has 0 N–H and O–H groups in total. The fourth-order valence-electron chi connectivity index (χ4n) is 3.19. The number of Topliss-reactive ketones (excluding diaryl/α,β-unsaturated/α-hetero) is 1. The summed E-state index contributed by atoms with van der Waals surface area (Å²) in [7, 11) is -3.39. The van der Waals surface area contributed by atoms with Crippen molar-refractivity contribution in [2.24, 2.45) is 5.92 Å². The van der Waals surface area contributed by atoms with Crippen LogP contribution in [0, 0.1) is 5.92 Å². The molecule has 2 saturated heterocycles. The highest BCUT2D eigenvalue weighted by Crippen LogP contribution is 2.24. The lowest BCUT2D eigenvalue weighted by Gasteiger charge is -2.35. The summed E-state index contributed by atoms with van der Waals surface area (Å²) in [4.78, 5) is 22.9. The minimum atomic E-state index is -3.39. The molecule has 0 aliphatic carbocycles. The predicted molar refractivity (Wildman–Crippen MR) is 89.5 cm³/mol. The van der Waals surface area contributed by atoms with Crippen LogP contribution in [0.1, 0.15) is 51.9 Å². The summed E-state index contributed by atoms with van der Waals surface area (Å²) in [5.74, 6) is -0.425. The molecule has 0 radical (unpaired) electrons. The number of ketones is 1. The molecule has 2 aliphatic heterocycles. The van der Waals surface area contributed by atoms with Gasteiger partial charge in [0.2, 0.25) is 0 Å². The van der Waals surface area contributed by atoms with E-state index in [0.717, 1.165) is 19.3 Å². The van der Waals surface area contributed by atoms with E-state index in [0.29, 0.717) is 51.9 Å². The average molecular weight is 360 g/mol. The molecule has 2 aliphatic rings. The summed E-state index contributed by atoms with van der Waals surface area (Å²) < 4.78 is 33.5. The smallest absolute Gasteiger partial charge is 0.309 e. The highest BCUT2D eigenvalue weighted by atomic mass is 32.2. The fraction of sp³-hybridized carbons (Fsp3) is 0.875. The first-order valence-corrected chi connectivity index (χ1v) is 10.2. The van der Waals surface area contributed by atoms with Crippen LogP contribution < -0.4 is 0 Å². The highest BCUT2D eigenvalue weighted by Gasteiger charge is 2.35. The first kappa shape index (κ1) is 19.3. The van der Waals surface area contributed by atoms with Gasteiger partial charge in [-0.3, -0.25) is 4.79 Å². The zero-order valence-corrected chi connectivity index (χ0v) is 15.2. The molecule has 0 aromatic heterocycles. The van der Waals surface area contributed by atoms with E-state index in [1.54, 1.807) is 4.31 Å². The normalized spacial score (nSPS) is 21.5. The number of carbonyl (C=O) groups is 2. The topological polar surface area (TPSA) is 84.0 Å². The highest BCUT2D eigenvalue weighted by molar-refractivity contribution is 7.86. The van der Waals surface area contributed by atoms with Crippen molar-refractivity contribution < 1.29 is 22.7 Å². The summed E-state index contributed by atoms with van der Waals surface area (Å²) >= 11 is 0. The second-order valence-corrected chi connectivity index (χ2v) is 8.54. The lowest BCUT2D eigenvalue weighted by Crippen LogP contribution is -2.49. The quantitative estimate of drug-likeness (QED) is 0.505. The molecule has 0 unspecified atom stereocenters. The first-order chi connectivity index (χ1) is 11.4. The van der Waals surface area contributed by atoms with E-state index in [2.05, 4.69) is 0 Å². The maximum Gasteiger partial charge on any atom is 0.309 e. The number of esters is 1. The molecule has 2 heterocycles. The maximum atomic E-state index is 12.6. The van der Waals surface area contributed by atoms with Gasteiger partial charge in [0.1, 0.15) is 5.78 Å². The second kappa shape index (κ2) is 8.92. The largest absolute Gasteiger partial charge is 0.465 e. The number of ether oxygens (including phenoxy) is 1. The molecule has 0 bridgehead atoms. The average Bonchev–Trinajstić information content (AvgIpc) is 2.59. The molecule has 0 saturated carbocycles. The van der Waals surface area contributed by atoms with Gasteiger partial charge in [0.05, 0.1) is 12.5 Å². The Bertz CT molecular complexity index is 535. The zero-order valence-electron chi connectivity index (χ0n) is 14.4. The minimum absolute atomic E-state index is 0.0854. The van der Waals surface area contributed by atoms with Crippen LogP contribution in [-0.4, -0.2) is 61.6 Å². The van der Waals surface area contributed by atoms with E-state index < -0.39 is 10.2 Å². The van der Waals surface area contributed by atoms with Gasteiger partial charge in [-0.15, -0.1) is 0 Å². The lowest BCUT2D eigenvalue weighted by molar-refractivity contribution is -0.150. The monoisotopic (exact) mass is 360 g/mol. The Balaban J connectivity index is 1.76. The van der Waals surface area contributed by atoms with Gasteiger partial charge >= 0.3 is 5.97 Å². The molecule has 7 nitrogen and oxygen atoms in total. The van der Waals surface area contributed by atoms with Crippen LogP contribution in [0.2, 0.25) is 0 Å². The molecule has 0 amide bonds. The molecule has 0 aromatic rings. The Morgan fingerprint density at radius 3 is 2.17 bits per heavy atom. The molecule has 0 aromatic carbocycles. The van der Waals surface area contributed by atoms with Gasteiger partial charge in [-0.1, -0.05) is 6.42 Å². The van der Waals surface area contributed by atoms with E-state index in [9.17, 15) is 18.0 Å². The van der Waals surface area contributed by atoms with E-state index in [1.807, 2.05) is 0 Å².